The SMILES string of the molecule is CCn1nnnc1-c1[nH]c(C)c(C=O)c1C. The second kappa shape index (κ2) is 3.88. The van der Waals surface area contributed by atoms with Gasteiger partial charge in [-0.2, -0.15) is 0 Å². The van der Waals surface area contributed by atoms with E-state index in [0.717, 1.165) is 23.2 Å². The molecule has 0 atom stereocenters. The monoisotopic (exact) mass is 219 g/mol. The topological polar surface area (TPSA) is 76.5 Å². The van der Waals surface area contributed by atoms with Crippen molar-refractivity contribution in [3.8, 4) is 11.5 Å². The molecule has 6 nitrogen and oxygen atoms in total. The molecule has 16 heavy (non-hydrogen) atoms. The number of carbonyl (C=O) groups is 1. The molecule has 84 valence electrons. The van der Waals surface area contributed by atoms with Gasteiger partial charge in [-0.1, -0.05) is 0 Å². The van der Waals surface area contributed by atoms with Gasteiger partial charge in [-0.3, -0.25) is 4.79 Å². The Balaban J connectivity index is 2.61. The van der Waals surface area contributed by atoms with Gasteiger partial charge in [-0.05, 0) is 36.8 Å². The van der Waals surface area contributed by atoms with E-state index in [0.29, 0.717) is 17.9 Å². The van der Waals surface area contributed by atoms with Crippen molar-refractivity contribution in [2.24, 2.45) is 0 Å². The zero-order chi connectivity index (χ0) is 11.7. The second-order valence-electron chi connectivity index (χ2n) is 3.60. The van der Waals surface area contributed by atoms with Crippen LogP contribution in [0, 0.1) is 13.8 Å². The summed E-state index contributed by atoms with van der Waals surface area (Å²) in [5, 5.41) is 11.5. The highest BCUT2D eigenvalue weighted by Gasteiger charge is 2.16. The molecule has 0 radical (unpaired) electrons. The largest absolute Gasteiger partial charge is 0.355 e. The van der Waals surface area contributed by atoms with E-state index in [9.17, 15) is 4.79 Å². The van der Waals surface area contributed by atoms with Crippen molar-refractivity contribution >= 4 is 6.29 Å². The van der Waals surface area contributed by atoms with Crippen LogP contribution in [0.25, 0.3) is 11.5 Å². The van der Waals surface area contributed by atoms with Crippen molar-refractivity contribution in [2.45, 2.75) is 27.3 Å². The first-order chi connectivity index (χ1) is 7.69. The van der Waals surface area contributed by atoms with E-state index in [-0.39, 0.29) is 0 Å². The average Bonchev–Trinajstić information content (AvgIpc) is 2.83. The summed E-state index contributed by atoms with van der Waals surface area (Å²) in [7, 11) is 0. The van der Waals surface area contributed by atoms with Crippen LogP contribution in [0.3, 0.4) is 0 Å². The first-order valence-electron chi connectivity index (χ1n) is 5.09. The van der Waals surface area contributed by atoms with Crippen molar-refractivity contribution in [2.75, 3.05) is 0 Å². The van der Waals surface area contributed by atoms with Gasteiger partial charge in [-0.25, -0.2) is 4.68 Å². The van der Waals surface area contributed by atoms with Gasteiger partial charge in [-0.15, -0.1) is 5.10 Å². The van der Waals surface area contributed by atoms with Gasteiger partial charge in [0, 0.05) is 17.8 Å². The van der Waals surface area contributed by atoms with Gasteiger partial charge in [0.1, 0.15) is 0 Å². The minimum atomic E-state index is 0.663. The van der Waals surface area contributed by atoms with E-state index in [1.807, 2.05) is 20.8 Å². The highest BCUT2D eigenvalue weighted by molar-refractivity contribution is 5.83. The predicted octanol–water partition coefficient (Wildman–Crippen LogP) is 1.12. The third-order valence-corrected chi connectivity index (χ3v) is 2.67. The Labute approximate surface area is 92.7 Å². The molecule has 2 aromatic heterocycles. The minimum Gasteiger partial charge on any atom is -0.355 e. The Morgan fingerprint density at radius 1 is 1.44 bits per heavy atom. The van der Waals surface area contributed by atoms with Crippen LogP contribution in [0.15, 0.2) is 0 Å². The number of H-pyrrole nitrogens is 1. The molecule has 0 saturated heterocycles. The van der Waals surface area contributed by atoms with Crippen molar-refractivity contribution in [1.29, 1.82) is 0 Å². The Morgan fingerprint density at radius 2 is 2.19 bits per heavy atom. The molecule has 1 N–H and O–H groups in total. The smallest absolute Gasteiger partial charge is 0.198 e. The highest BCUT2D eigenvalue weighted by atomic mass is 16.1. The fraction of sp³-hybridized carbons (Fsp3) is 0.400. The number of aryl methyl sites for hydroxylation is 2. The Bertz CT molecular complexity index is 525. The fourth-order valence-electron chi connectivity index (χ4n) is 1.76. The molecular formula is C10H13N5O. The van der Waals surface area contributed by atoms with E-state index < -0.39 is 0 Å². The molecule has 2 rings (SSSR count). The van der Waals surface area contributed by atoms with E-state index >= 15 is 0 Å². The molecule has 2 heterocycles. The van der Waals surface area contributed by atoms with Crippen LogP contribution < -0.4 is 0 Å². The van der Waals surface area contributed by atoms with Crippen LogP contribution >= 0.6 is 0 Å². The summed E-state index contributed by atoms with van der Waals surface area (Å²) in [6, 6.07) is 0. The van der Waals surface area contributed by atoms with Gasteiger partial charge in [0.25, 0.3) is 0 Å². The number of rotatable bonds is 3. The van der Waals surface area contributed by atoms with E-state index in [1.165, 1.54) is 0 Å². The summed E-state index contributed by atoms with van der Waals surface area (Å²) >= 11 is 0. The summed E-state index contributed by atoms with van der Waals surface area (Å²) in [6.07, 6.45) is 0.852. The number of nitrogens with one attached hydrogen (secondary N) is 1. The molecule has 0 aliphatic carbocycles. The number of aromatic amines is 1. The quantitative estimate of drug-likeness (QED) is 0.785. The molecule has 0 aliphatic heterocycles. The van der Waals surface area contributed by atoms with Crippen LogP contribution in [0.1, 0.15) is 28.5 Å². The normalized spacial score (nSPS) is 10.7. The number of hydrogen-bond donors (Lipinski definition) is 1. The highest BCUT2D eigenvalue weighted by Crippen LogP contribution is 2.24. The molecule has 2 aromatic rings. The molecule has 0 aromatic carbocycles. The van der Waals surface area contributed by atoms with Gasteiger partial charge >= 0.3 is 0 Å². The van der Waals surface area contributed by atoms with Crippen molar-refractivity contribution in [3.05, 3.63) is 16.8 Å². The van der Waals surface area contributed by atoms with Gasteiger partial charge < -0.3 is 4.98 Å². The molecule has 0 aliphatic rings. The molecule has 0 unspecified atom stereocenters. The molecule has 0 fully saturated rings. The minimum absolute atomic E-state index is 0.663. The summed E-state index contributed by atoms with van der Waals surface area (Å²) in [5.74, 6) is 0.663. The summed E-state index contributed by atoms with van der Waals surface area (Å²) < 4.78 is 1.69. The Kier molecular flexibility index (Phi) is 2.55. The second-order valence-corrected chi connectivity index (χ2v) is 3.60. The number of tetrazole rings is 1. The fourth-order valence-corrected chi connectivity index (χ4v) is 1.76. The molecule has 0 bridgehead atoms. The molecule has 0 amide bonds. The van der Waals surface area contributed by atoms with Crippen molar-refractivity contribution in [1.82, 2.24) is 25.2 Å². The predicted molar refractivity (Wildman–Crippen MR) is 58.1 cm³/mol. The van der Waals surface area contributed by atoms with E-state index in [2.05, 4.69) is 20.5 Å². The molecule has 0 saturated carbocycles. The lowest BCUT2D eigenvalue weighted by molar-refractivity contribution is 0.112. The number of aromatic nitrogens is 5. The van der Waals surface area contributed by atoms with Crippen LogP contribution in [0.4, 0.5) is 0 Å². The van der Waals surface area contributed by atoms with Crippen LogP contribution in [0.2, 0.25) is 0 Å². The van der Waals surface area contributed by atoms with Crippen LogP contribution in [0.5, 0.6) is 0 Å². The number of nitrogens with zero attached hydrogens (tertiary/aromatic N) is 4. The first kappa shape index (κ1) is 10.5. The first-order valence-corrected chi connectivity index (χ1v) is 5.09. The van der Waals surface area contributed by atoms with Crippen molar-refractivity contribution in [3.63, 3.8) is 0 Å². The third kappa shape index (κ3) is 1.42. The number of aldehydes is 1. The standard InChI is InChI=1S/C10H13N5O/c1-4-15-10(12-13-14-15)9-6(2)8(5-16)7(3)11-9/h5,11H,4H2,1-3H3. The van der Waals surface area contributed by atoms with Crippen LogP contribution in [-0.2, 0) is 6.54 Å². The lowest BCUT2D eigenvalue weighted by Gasteiger charge is -1.99. The van der Waals surface area contributed by atoms with E-state index in [1.54, 1.807) is 4.68 Å². The molecular weight excluding hydrogens is 206 g/mol. The Hall–Kier alpha value is -1.98. The van der Waals surface area contributed by atoms with Gasteiger partial charge in [0.05, 0.1) is 5.69 Å². The van der Waals surface area contributed by atoms with Gasteiger partial charge in [0.15, 0.2) is 12.1 Å². The number of carbonyl (C=O) groups excluding carboxylic acids is 1. The van der Waals surface area contributed by atoms with Crippen LogP contribution in [-0.4, -0.2) is 31.5 Å². The zero-order valence-electron chi connectivity index (χ0n) is 9.48. The third-order valence-electron chi connectivity index (χ3n) is 2.67. The molecule has 0 spiro atoms. The zero-order valence-corrected chi connectivity index (χ0v) is 9.48. The lowest BCUT2D eigenvalue weighted by Crippen LogP contribution is -2.00. The summed E-state index contributed by atoms with van der Waals surface area (Å²) in [4.78, 5) is 14.1. The maximum atomic E-state index is 10.9. The maximum Gasteiger partial charge on any atom is 0.198 e. The Morgan fingerprint density at radius 3 is 2.75 bits per heavy atom. The number of hydrogen-bond acceptors (Lipinski definition) is 4. The van der Waals surface area contributed by atoms with E-state index in [4.69, 9.17) is 0 Å². The molecule has 6 heteroatoms. The van der Waals surface area contributed by atoms with Gasteiger partial charge in [0.2, 0.25) is 0 Å². The van der Waals surface area contributed by atoms with Crippen molar-refractivity contribution < 1.29 is 4.79 Å². The summed E-state index contributed by atoms with van der Waals surface area (Å²) in [5.41, 5.74) is 3.22. The average molecular weight is 219 g/mol. The summed E-state index contributed by atoms with van der Waals surface area (Å²) in [6.45, 7) is 6.40. The maximum absolute atomic E-state index is 10.9. The lowest BCUT2D eigenvalue weighted by atomic mass is 10.1.